The Morgan fingerprint density at radius 1 is 1.35 bits per heavy atom. The molecule has 108 valence electrons. The summed E-state index contributed by atoms with van der Waals surface area (Å²) in [5.74, 6) is 1.33. The van der Waals surface area contributed by atoms with Gasteiger partial charge >= 0.3 is 0 Å². The second-order valence-corrected chi connectivity index (χ2v) is 5.90. The lowest BCUT2D eigenvalue weighted by Crippen LogP contribution is -2.36. The van der Waals surface area contributed by atoms with Gasteiger partial charge in [-0.1, -0.05) is 12.8 Å². The summed E-state index contributed by atoms with van der Waals surface area (Å²) in [4.78, 5) is 20.6. The van der Waals surface area contributed by atoms with Crippen LogP contribution >= 0.6 is 0 Å². The number of amides is 1. The Labute approximate surface area is 118 Å². The maximum Gasteiger partial charge on any atom is 0.270 e. The van der Waals surface area contributed by atoms with Gasteiger partial charge in [-0.15, -0.1) is 0 Å². The highest BCUT2D eigenvalue weighted by atomic mass is 16.3. The van der Waals surface area contributed by atoms with E-state index in [1.54, 1.807) is 12.3 Å². The SMILES string of the molecule is O=C(NCC(O)C1CCCC1)c1ccnc(C2CC2)n1. The predicted molar refractivity (Wildman–Crippen MR) is 74.3 cm³/mol. The molecule has 1 aromatic heterocycles. The molecule has 0 saturated heterocycles. The van der Waals surface area contributed by atoms with Gasteiger partial charge in [0, 0.05) is 18.7 Å². The Morgan fingerprint density at radius 2 is 2.10 bits per heavy atom. The largest absolute Gasteiger partial charge is 0.391 e. The number of carbonyl (C=O) groups excluding carboxylic acids is 1. The van der Waals surface area contributed by atoms with Crippen LogP contribution in [0.4, 0.5) is 0 Å². The van der Waals surface area contributed by atoms with Gasteiger partial charge in [-0.3, -0.25) is 4.79 Å². The first-order chi connectivity index (χ1) is 9.74. The molecule has 1 aromatic rings. The zero-order valence-corrected chi connectivity index (χ0v) is 11.6. The summed E-state index contributed by atoms with van der Waals surface area (Å²) in [6.45, 7) is 0.312. The number of aliphatic hydroxyl groups excluding tert-OH is 1. The van der Waals surface area contributed by atoms with Gasteiger partial charge in [0.05, 0.1) is 6.10 Å². The van der Waals surface area contributed by atoms with Crippen LogP contribution in [0.1, 0.15) is 60.8 Å². The number of carbonyl (C=O) groups is 1. The van der Waals surface area contributed by atoms with Crippen LogP contribution in [-0.2, 0) is 0 Å². The van der Waals surface area contributed by atoms with Crippen LogP contribution in [0.25, 0.3) is 0 Å². The topological polar surface area (TPSA) is 75.1 Å². The van der Waals surface area contributed by atoms with Crippen molar-refractivity contribution in [1.29, 1.82) is 0 Å². The molecular formula is C15H21N3O2. The van der Waals surface area contributed by atoms with Gasteiger partial charge in [0.15, 0.2) is 0 Å². The number of hydrogen-bond acceptors (Lipinski definition) is 4. The van der Waals surface area contributed by atoms with Crippen LogP contribution in [0.3, 0.4) is 0 Å². The third kappa shape index (κ3) is 3.15. The fourth-order valence-corrected chi connectivity index (χ4v) is 2.84. The maximum absolute atomic E-state index is 12.0. The van der Waals surface area contributed by atoms with Crippen molar-refractivity contribution in [3.05, 3.63) is 23.8 Å². The number of aromatic nitrogens is 2. The normalized spacial score (nSPS) is 20.9. The average molecular weight is 275 g/mol. The zero-order valence-electron chi connectivity index (χ0n) is 11.6. The van der Waals surface area contributed by atoms with E-state index in [2.05, 4.69) is 15.3 Å². The molecule has 2 N–H and O–H groups in total. The van der Waals surface area contributed by atoms with E-state index in [9.17, 15) is 9.90 Å². The highest BCUT2D eigenvalue weighted by Crippen LogP contribution is 2.37. The monoisotopic (exact) mass is 275 g/mol. The standard InChI is InChI=1S/C15H21N3O2/c19-13(10-3-1-2-4-10)9-17-15(20)12-7-8-16-14(18-12)11-5-6-11/h7-8,10-11,13,19H,1-6,9H2,(H,17,20). The third-order valence-electron chi connectivity index (χ3n) is 4.27. The molecule has 2 aliphatic rings. The first-order valence-electron chi connectivity index (χ1n) is 7.53. The molecule has 1 atom stereocenters. The molecule has 20 heavy (non-hydrogen) atoms. The Bertz CT molecular complexity index is 482. The molecule has 0 aliphatic heterocycles. The molecular weight excluding hydrogens is 254 g/mol. The minimum atomic E-state index is -0.439. The second kappa shape index (κ2) is 5.87. The van der Waals surface area contributed by atoms with E-state index in [4.69, 9.17) is 0 Å². The van der Waals surface area contributed by atoms with Crippen molar-refractivity contribution in [3.63, 3.8) is 0 Å². The second-order valence-electron chi connectivity index (χ2n) is 5.90. The summed E-state index contributed by atoms with van der Waals surface area (Å²) < 4.78 is 0. The van der Waals surface area contributed by atoms with Crippen molar-refractivity contribution in [2.24, 2.45) is 5.92 Å². The molecule has 0 bridgehead atoms. The molecule has 2 saturated carbocycles. The lowest BCUT2D eigenvalue weighted by molar-refractivity contribution is 0.0836. The summed E-state index contributed by atoms with van der Waals surface area (Å²) >= 11 is 0. The van der Waals surface area contributed by atoms with Crippen molar-refractivity contribution in [2.45, 2.75) is 50.5 Å². The van der Waals surface area contributed by atoms with E-state index in [1.807, 2.05) is 0 Å². The number of aliphatic hydroxyl groups is 1. The minimum absolute atomic E-state index is 0.216. The molecule has 1 amide bonds. The molecule has 2 fully saturated rings. The third-order valence-corrected chi connectivity index (χ3v) is 4.27. The van der Waals surface area contributed by atoms with E-state index in [1.165, 1.54) is 12.8 Å². The fourth-order valence-electron chi connectivity index (χ4n) is 2.84. The molecule has 0 aromatic carbocycles. The molecule has 5 nitrogen and oxygen atoms in total. The van der Waals surface area contributed by atoms with Gasteiger partial charge in [0.1, 0.15) is 11.5 Å². The molecule has 2 aliphatic carbocycles. The van der Waals surface area contributed by atoms with Crippen molar-refractivity contribution < 1.29 is 9.90 Å². The quantitative estimate of drug-likeness (QED) is 0.856. The highest BCUT2D eigenvalue weighted by Gasteiger charge is 2.27. The van der Waals surface area contributed by atoms with Gasteiger partial charge in [0.25, 0.3) is 5.91 Å². The van der Waals surface area contributed by atoms with Crippen LogP contribution in [0, 0.1) is 5.92 Å². The number of hydrogen-bond donors (Lipinski definition) is 2. The first kappa shape index (κ1) is 13.5. The van der Waals surface area contributed by atoms with Crippen molar-refractivity contribution in [3.8, 4) is 0 Å². The number of rotatable bonds is 5. The Kier molecular flexibility index (Phi) is 3.96. The summed E-state index contributed by atoms with van der Waals surface area (Å²) in [7, 11) is 0. The van der Waals surface area contributed by atoms with E-state index >= 15 is 0 Å². The molecule has 1 unspecified atom stereocenters. The van der Waals surface area contributed by atoms with Crippen LogP contribution in [0.5, 0.6) is 0 Å². The first-order valence-corrected chi connectivity index (χ1v) is 7.53. The minimum Gasteiger partial charge on any atom is -0.391 e. The predicted octanol–water partition coefficient (Wildman–Crippen LogP) is 1.63. The van der Waals surface area contributed by atoms with E-state index in [-0.39, 0.29) is 5.91 Å². The van der Waals surface area contributed by atoms with Crippen molar-refractivity contribution >= 4 is 5.91 Å². The Morgan fingerprint density at radius 3 is 2.80 bits per heavy atom. The zero-order chi connectivity index (χ0) is 13.9. The summed E-state index contributed by atoms with van der Waals surface area (Å²) in [6.07, 6.45) is 7.94. The maximum atomic E-state index is 12.0. The molecule has 3 rings (SSSR count). The van der Waals surface area contributed by atoms with Gasteiger partial charge in [-0.05, 0) is 37.7 Å². The van der Waals surface area contributed by atoms with E-state index in [0.717, 1.165) is 31.5 Å². The molecule has 1 heterocycles. The summed E-state index contributed by atoms with van der Waals surface area (Å²) in [5, 5.41) is 12.8. The lowest BCUT2D eigenvalue weighted by Gasteiger charge is -2.17. The Balaban J connectivity index is 1.54. The summed E-state index contributed by atoms with van der Waals surface area (Å²) in [5.41, 5.74) is 0.403. The van der Waals surface area contributed by atoms with Crippen LogP contribution < -0.4 is 5.32 Å². The van der Waals surface area contributed by atoms with Crippen LogP contribution in [-0.4, -0.2) is 33.6 Å². The van der Waals surface area contributed by atoms with Gasteiger partial charge < -0.3 is 10.4 Å². The van der Waals surface area contributed by atoms with Crippen molar-refractivity contribution in [2.75, 3.05) is 6.54 Å². The fraction of sp³-hybridized carbons (Fsp3) is 0.667. The average Bonchev–Trinajstić information content (AvgIpc) is 3.19. The van der Waals surface area contributed by atoms with Gasteiger partial charge in [0.2, 0.25) is 0 Å². The molecule has 0 spiro atoms. The molecule has 5 heteroatoms. The lowest BCUT2D eigenvalue weighted by atomic mass is 10.0. The van der Waals surface area contributed by atoms with Crippen LogP contribution in [0.15, 0.2) is 12.3 Å². The molecule has 0 radical (unpaired) electrons. The Hall–Kier alpha value is -1.49. The number of nitrogens with one attached hydrogen (secondary N) is 1. The van der Waals surface area contributed by atoms with Crippen LogP contribution in [0.2, 0.25) is 0 Å². The van der Waals surface area contributed by atoms with Gasteiger partial charge in [-0.2, -0.15) is 0 Å². The number of nitrogens with zero attached hydrogens (tertiary/aromatic N) is 2. The highest BCUT2D eigenvalue weighted by molar-refractivity contribution is 5.92. The summed E-state index contributed by atoms with van der Waals surface area (Å²) in [6, 6.07) is 1.63. The van der Waals surface area contributed by atoms with Crippen molar-refractivity contribution in [1.82, 2.24) is 15.3 Å². The van der Waals surface area contributed by atoms with E-state index in [0.29, 0.717) is 24.1 Å². The van der Waals surface area contributed by atoms with E-state index < -0.39 is 6.10 Å². The smallest absolute Gasteiger partial charge is 0.270 e. The van der Waals surface area contributed by atoms with Gasteiger partial charge in [-0.25, -0.2) is 9.97 Å².